The number of anilines is 1. The summed E-state index contributed by atoms with van der Waals surface area (Å²) < 4.78 is 4.94. The molecule has 1 saturated heterocycles. The molecule has 0 atom stereocenters. The fraction of sp³-hybridized carbons (Fsp3) is 0.409. The van der Waals surface area contributed by atoms with Crippen LogP contribution in [-0.2, 0) is 14.3 Å². The number of pyridine rings is 1. The van der Waals surface area contributed by atoms with Crippen molar-refractivity contribution in [3.05, 3.63) is 41.6 Å². The van der Waals surface area contributed by atoms with Gasteiger partial charge in [-0.05, 0) is 69.5 Å². The van der Waals surface area contributed by atoms with Gasteiger partial charge >= 0.3 is 5.97 Å². The van der Waals surface area contributed by atoms with E-state index in [1.165, 1.54) is 6.08 Å². The van der Waals surface area contributed by atoms with E-state index < -0.39 is 0 Å². The van der Waals surface area contributed by atoms with Crippen LogP contribution in [0.5, 0.6) is 0 Å². The predicted octanol–water partition coefficient (Wildman–Crippen LogP) is 3.45. The first-order chi connectivity index (χ1) is 13.6. The maximum atomic E-state index is 12.5. The van der Waals surface area contributed by atoms with E-state index >= 15 is 0 Å². The SMILES string of the molecule is CCOC(=O)/C=C/c1ccc(NC(=O)CC2CCNCC2)c2nc(C)ccc12. The van der Waals surface area contributed by atoms with Crippen molar-refractivity contribution in [2.75, 3.05) is 25.0 Å². The van der Waals surface area contributed by atoms with Crippen LogP contribution in [-0.4, -0.2) is 36.6 Å². The summed E-state index contributed by atoms with van der Waals surface area (Å²) in [7, 11) is 0. The fourth-order valence-electron chi connectivity index (χ4n) is 3.48. The Balaban J connectivity index is 1.82. The zero-order valence-electron chi connectivity index (χ0n) is 16.5. The molecule has 2 aromatic rings. The zero-order valence-corrected chi connectivity index (χ0v) is 16.5. The summed E-state index contributed by atoms with van der Waals surface area (Å²) in [4.78, 5) is 28.8. The van der Waals surface area contributed by atoms with Crippen molar-refractivity contribution in [2.24, 2.45) is 5.92 Å². The molecule has 1 amide bonds. The third-order valence-electron chi connectivity index (χ3n) is 4.92. The third-order valence-corrected chi connectivity index (χ3v) is 4.92. The molecule has 0 unspecified atom stereocenters. The molecule has 0 spiro atoms. The number of aryl methyl sites for hydroxylation is 1. The van der Waals surface area contributed by atoms with Crippen LogP contribution in [0.25, 0.3) is 17.0 Å². The van der Waals surface area contributed by atoms with Crippen LogP contribution in [0, 0.1) is 12.8 Å². The van der Waals surface area contributed by atoms with Crippen LogP contribution in [0.2, 0.25) is 0 Å². The van der Waals surface area contributed by atoms with Gasteiger partial charge < -0.3 is 15.4 Å². The van der Waals surface area contributed by atoms with Gasteiger partial charge in [0.15, 0.2) is 0 Å². The first-order valence-corrected chi connectivity index (χ1v) is 9.82. The largest absolute Gasteiger partial charge is 0.463 e. The number of fused-ring (bicyclic) bond motifs is 1. The molecule has 0 aliphatic carbocycles. The highest BCUT2D eigenvalue weighted by atomic mass is 16.5. The second-order valence-electron chi connectivity index (χ2n) is 7.08. The van der Waals surface area contributed by atoms with Crippen LogP contribution in [0.1, 0.15) is 37.4 Å². The molecule has 6 heteroatoms. The van der Waals surface area contributed by atoms with Gasteiger partial charge in [-0.25, -0.2) is 4.79 Å². The topological polar surface area (TPSA) is 80.3 Å². The summed E-state index contributed by atoms with van der Waals surface area (Å²) in [6.07, 6.45) is 5.72. The summed E-state index contributed by atoms with van der Waals surface area (Å²) in [6, 6.07) is 7.62. The Kier molecular flexibility index (Phi) is 6.76. The average molecular weight is 381 g/mol. The van der Waals surface area contributed by atoms with Crippen LogP contribution < -0.4 is 10.6 Å². The van der Waals surface area contributed by atoms with E-state index in [-0.39, 0.29) is 11.9 Å². The van der Waals surface area contributed by atoms with Crippen LogP contribution in [0.3, 0.4) is 0 Å². The number of nitrogens with one attached hydrogen (secondary N) is 2. The number of rotatable bonds is 6. The van der Waals surface area contributed by atoms with Crippen molar-refractivity contribution in [3.8, 4) is 0 Å². The molecule has 28 heavy (non-hydrogen) atoms. The lowest BCUT2D eigenvalue weighted by atomic mass is 9.94. The minimum Gasteiger partial charge on any atom is -0.463 e. The number of carbonyl (C=O) groups is 2. The maximum Gasteiger partial charge on any atom is 0.330 e. The van der Waals surface area contributed by atoms with E-state index in [9.17, 15) is 9.59 Å². The normalized spacial score (nSPS) is 15.1. The number of hydrogen-bond donors (Lipinski definition) is 2. The van der Waals surface area contributed by atoms with Gasteiger partial charge in [-0.2, -0.15) is 0 Å². The number of amides is 1. The highest BCUT2D eigenvalue weighted by Gasteiger charge is 2.18. The fourth-order valence-corrected chi connectivity index (χ4v) is 3.48. The Morgan fingerprint density at radius 1 is 1.25 bits per heavy atom. The van der Waals surface area contributed by atoms with E-state index in [1.54, 1.807) is 13.0 Å². The Bertz CT molecular complexity index is 886. The van der Waals surface area contributed by atoms with Gasteiger partial charge in [0.1, 0.15) is 0 Å². The lowest BCUT2D eigenvalue weighted by Crippen LogP contribution is -2.30. The quantitative estimate of drug-likeness (QED) is 0.592. The van der Waals surface area contributed by atoms with Gasteiger partial charge in [0.2, 0.25) is 5.91 Å². The Morgan fingerprint density at radius 2 is 2.04 bits per heavy atom. The molecule has 1 aliphatic rings. The zero-order chi connectivity index (χ0) is 19.9. The highest BCUT2D eigenvalue weighted by molar-refractivity contribution is 6.03. The maximum absolute atomic E-state index is 12.5. The number of hydrogen-bond acceptors (Lipinski definition) is 5. The number of benzene rings is 1. The minimum atomic E-state index is -0.380. The number of carbonyl (C=O) groups excluding carboxylic acids is 2. The molecule has 1 aromatic carbocycles. The molecule has 6 nitrogen and oxygen atoms in total. The van der Waals surface area contributed by atoms with Crippen molar-refractivity contribution in [1.29, 1.82) is 0 Å². The van der Waals surface area contributed by atoms with Crippen molar-refractivity contribution in [2.45, 2.75) is 33.1 Å². The second kappa shape index (κ2) is 9.46. The molecule has 2 N–H and O–H groups in total. The van der Waals surface area contributed by atoms with Crippen molar-refractivity contribution < 1.29 is 14.3 Å². The van der Waals surface area contributed by atoms with Crippen LogP contribution in [0.15, 0.2) is 30.3 Å². The van der Waals surface area contributed by atoms with Gasteiger partial charge in [-0.15, -0.1) is 0 Å². The van der Waals surface area contributed by atoms with Crippen molar-refractivity contribution in [3.63, 3.8) is 0 Å². The number of esters is 1. The smallest absolute Gasteiger partial charge is 0.330 e. The summed E-state index contributed by atoms with van der Waals surface area (Å²) in [5.74, 6) is 0.0652. The molecule has 148 valence electrons. The van der Waals surface area contributed by atoms with E-state index in [1.807, 2.05) is 31.2 Å². The van der Waals surface area contributed by atoms with Crippen molar-refractivity contribution in [1.82, 2.24) is 10.3 Å². The molecule has 0 saturated carbocycles. The first-order valence-electron chi connectivity index (χ1n) is 9.82. The Morgan fingerprint density at radius 3 is 2.79 bits per heavy atom. The lowest BCUT2D eigenvalue weighted by Gasteiger charge is -2.22. The van der Waals surface area contributed by atoms with E-state index in [2.05, 4.69) is 15.6 Å². The molecule has 2 heterocycles. The minimum absolute atomic E-state index is 0.0197. The summed E-state index contributed by atoms with van der Waals surface area (Å²) in [5, 5.41) is 7.24. The van der Waals surface area contributed by atoms with Crippen LogP contribution >= 0.6 is 0 Å². The molecule has 3 rings (SSSR count). The molecular formula is C22H27N3O3. The number of ether oxygens (including phenoxy) is 1. The van der Waals surface area contributed by atoms with Crippen molar-refractivity contribution >= 4 is 34.5 Å². The Labute approximate surface area is 165 Å². The standard InChI is InChI=1S/C22H27N3O3/c1-3-28-21(27)9-6-17-5-8-19(22-18(17)7-4-15(2)24-22)25-20(26)14-16-10-12-23-13-11-16/h4-9,16,23H,3,10-14H2,1-2H3,(H,25,26)/b9-6+. The van der Waals surface area contributed by atoms with E-state index in [0.717, 1.165) is 48.1 Å². The van der Waals surface area contributed by atoms with E-state index in [4.69, 9.17) is 4.74 Å². The van der Waals surface area contributed by atoms with Gasteiger partial charge in [0.25, 0.3) is 0 Å². The number of aromatic nitrogens is 1. The summed E-state index contributed by atoms with van der Waals surface area (Å²) in [6.45, 7) is 5.98. The van der Waals surface area contributed by atoms with Gasteiger partial charge in [0, 0.05) is 23.6 Å². The molecule has 0 bridgehead atoms. The third kappa shape index (κ3) is 5.16. The Hall–Kier alpha value is -2.73. The molecule has 1 aliphatic heterocycles. The van der Waals surface area contributed by atoms with E-state index in [0.29, 0.717) is 24.6 Å². The number of nitrogens with zero attached hydrogens (tertiary/aromatic N) is 1. The van der Waals surface area contributed by atoms with Gasteiger partial charge in [-0.1, -0.05) is 12.1 Å². The van der Waals surface area contributed by atoms with Gasteiger partial charge in [-0.3, -0.25) is 9.78 Å². The summed E-state index contributed by atoms with van der Waals surface area (Å²) in [5.41, 5.74) is 3.15. The monoisotopic (exact) mass is 381 g/mol. The van der Waals surface area contributed by atoms with Crippen LogP contribution in [0.4, 0.5) is 5.69 Å². The summed E-state index contributed by atoms with van der Waals surface area (Å²) >= 11 is 0. The molecule has 0 radical (unpaired) electrons. The molecular weight excluding hydrogens is 354 g/mol. The molecule has 1 aromatic heterocycles. The highest BCUT2D eigenvalue weighted by Crippen LogP contribution is 2.27. The van der Waals surface area contributed by atoms with Gasteiger partial charge in [0.05, 0.1) is 17.8 Å². The lowest BCUT2D eigenvalue weighted by molar-refractivity contribution is -0.137. The average Bonchev–Trinajstić information content (AvgIpc) is 2.68. The first kappa shape index (κ1) is 20.0. The predicted molar refractivity (Wildman–Crippen MR) is 111 cm³/mol. The second-order valence-corrected chi connectivity index (χ2v) is 7.08. The number of piperidine rings is 1. The molecule has 1 fully saturated rings.